The topological polar surface area (TPSA) is 48.7 Å². The van der Waals surface area contributed by atoms with Gasteiger partial charge in [-0.3, -0.25) is 4.99 Å². The average molecular weight is 477 g/mol. The first-order valence-corrected chi connectivity index (χ1v) is 8.14. The van der Waals surface area contributed by atoms with Crippen LogP contribution in [-0.4, -0.2) is 48.6 Å². The van der Waals surface area contributed by atoms with Crippen molar-refractivity contribution in [3.05, 3.63) is 46.9 Å². The van der Waals surface area contributed by atoms with E-state index in [2.05, 4.69) is 26.3 Å². The van der Waals surface area contributed by atoms with E-state index >= 15 is 0 Å². The van der Waals surface area contributed by atoms with E-state index < -0.39 is 0 Å². The van der Waals surface area contributed by atoms with Gasteiger partial charge >= 0.3 is 0 Å². The summed E-state index contributed by atoms with van der Waals surface area (Å²) in [5, 5.41) is 4.14. The zero-order valence-electron chi connectivity index (χ0n) is 15.3. The van der Waals surface area contributed by atoms with Crippen molar-refractivity contribution in [3.63, 3.8) is 0 Å². The van der Waals surface area contributed by atoms with Crippen molar-refractivity contribution in [2.75, 3.05) is 33.1 Å². The molecular weight excluding hydrogens is 451 g/mol. The summed E-state index contributed by atoms with van der Waals surface area (Å²) < 4.78 is 2.03. The van der Waals surface area contributed by atoms with Gasteiger partial charge in [-0.1, -0.05) is 17.7 Å². The molecule has 0 spiro atoms. The van der Waals surface area contributed by atoms with Gasteiger partial charge in [-0.2, -0.15) is 0 Å². The van der Waals surface area contributed by atoms with Crippen LogP contribution < -0.4 is 10.2 Å². The molecule has 138 valence electrons. The van der Waals surface area contributed by atoms with Crippen LogP contribution in [0.2, 0.25) is 5.02 Å². The van der Waals surface area contributed by atoms with E-state index in [-0.39, 0.29) is 24.0 Å². The van der Waals surface area contributed by atoms with Gasteiger partial charge < -0.3 is 19.7 Å². The molecule has 0 bridgehead atoms. The number of aryl methyl sites for hydroxylation is 1. The second-order valence-electron chi connectivity index (χ2n) is 5.90. The van der Waals surface area contributed by atoms with Gasteiger partial charge in [-0.15, -0.1) is 24.0 Å². The molecule has 0 aliphatic heterocycles. The van der Waals surface area contributed by atoms with Crippen LogP contribution in [0.25, 0.3) is 0 Å². The molecule has 0 fully saturated rings. The van der Waals surface area contributed by atoms with Crippen molar-refractivity contribution in [2.24, 2.45) is 12.0 Å². The van der Waals surface area contributed by atoms with Crippen molar-refractivity contribution in [3.8, 4) is 0 Å². The fraction of sp³-hybridized carbons (Fsp3) is 0.412. The number of nitrogens with zero attached hydrogens (tertiary/aromatic N) is 5. The third-order valence-corrected chi connectivity index (χ3v) is 3.98. The third kappa shape index (κ3) is 5.78. The molecule has 6 nitrogen and oxygen atoms in total. The highest BCUT2D eigenvalue weighted by Crippen LogP contribution is 2.15. The molecule has 0 atom stereocenters. The van der Waals surface area contributed by atoms with Gasteiger partial charge in [-0.25, -0.2) is 4.98 Å². The molecular formula is C17H26ClIN6. The fourth-order valence-corrected chi connectivity index (χ4v) is 2.84. The number of nitrogens with one attached hydrogen (secondary N) is 1. The van der Waals surface area contributed by atoms with Crippen molar-refractivity contribution >= 4 is 47.4 Å². The zero-order valence-corrected chi connectivity index (χ0v) is 18.4. The molecule has 2 aromatic heterocycles. The number of pyridine rings is 1. The van der Waals surface area contributed by atoms with Crippen LogP contribution in [0.4, 0.5) is 5.82 Å². The molecule has 2 heterocycles. The largest absolute Gasteiger partial charge is 0.362 e. The van der Waals surface area contributed by atoms with Gasteiger partial charge in [0, 0.05) is 65.4 Å². The van der Waals surface area contributed by atoms with Gasteiger partial charge in [0.2, 0.25) is 0 Å². The lowest BCUT2D eigenvalue weighted by molar-refractivity contribution is 0.461. The second-order valence-corrected chi connectivity index (χ2v) is 6.33. The molecule has 8 heteroatoms. The summed E-state index contributed by atoms with van der Waals surface area (Å²) >= 11 is 6.05. The van der Waals surface area contributed by atoms with Crippen molar-refractivity contribution in [2.45, 2.75) is 13.1 Å². The first-order valence-electron chi connectivity index (χ1n) is 7.76. The Labute approximate surface area is 171 Å². The molecule has 0 saturated heterocycles. The summed E-state index contributed by atoms with van der Waals surface area (Å²) in [4.78, 5) is 12.9. The first kappa shape index (κ1) is 21.6. The highest BCUT2D eigenvalue weighted by Gasteiger charge is 2.11. The molecule has 2 aromatic rings. The fourth-order valence-electron chi connectivity index (χ4n) is 2.57. The molecule has 0 unspecified atom stereocenters. The predicted molar refractivity (Wildman–Crippen MR) is 116 cm³/mol. The quantitative estimate of drug-likeness (QED) is 0.409. The maximum Gasteiger partial charge on any atom is 0.194 e. The SMILES string of the molecule is CN=C(NCc1cccnc1N(C)C)N(C)Cc1cc(Cl)cn1C.I. The van der Waals surface area contributed by atoms with Crippen molar-refractivity contribution in [1.29, 1.82) is 0 Å². The Balaban J connectivity index is 0.00000312. The minimum absolute atomic E-state index is 0. The van der Waals surface area contributed by atoms with Gasteiger partial charge in [-0.05, 0) is 12.1 Å². The number of anilines is 1. The van der Waals surface area contributed by atoms with E-state index in [1.54, 1.807) is 13.2 Å². The Morgan fingerprint density at radius 2 is 2.08 bits per heavy atom. The van der Waals surface area contributed by atoms with E-state index in [9.17, 15) is 0 Å². The standard InChI is InChI=1S/C17H25ClN6.HI/c1-19-17(24(5)12-15-9-14(18)11-23(15)4)21-10-13-7-6-8-20-16(13)22(2)3;/h6-9,11H,10,12H2,1-5H3,(H,19,21);1H. The van der Waals surface area contributed by atoms with Crippen LogP contribution in [-0.2, 0) is 20.1 Å². The Morgan fingerprint density at radius 1 is 1.36 bits per heavy atom. The number of guanidine groups is 1. The number of hydrogen-bond acceptors (Lipinski definition) is 3. The third-order valence-electron chi connectivity index (χ3n) is 3.78. The molecule has 0 aliphatic carbocycles. The minimum atomic E-state index is 0. The van der Waals surface area contributed by atoms with Gasteiger partial charge in [0.1, 0.15) is 5.82 Å². The maximum absolute atomic E-state index is 6.05. The van der Waals surface area contributed by atoms with Gasteiger partial charge in [0.05, 0.1) is 11.6 Å². The smallest absolute Gasteiger partial charge is 0.194 e. The van der Waals surface area contributed by atoms with E-state index in [4.69, 9.17) is 11.6 Å². The normalized spacial score (nSPS) is 11.0. The van der Waals surface area contributed by atoms with E-state index in [1.807, 2.05) is 56.0 Å². The Morgan fingerprint density at radius 3 is 2.64 bits per heavy atom. The van der Waals surface area contributed by atoms with Gasteiger partial charge in [0.15, 0.2) is 5.96 Å². The van der Waals surface area contributed by atoms with Crippen LogP contribution in [0.15, 0.2) is 35.6 Å². The summed E-state index contributed by atoms with van der Waals surface area (Å²) in [5.41, 5.74) is 2.25. The molecule has 25 heavy (non-hydrogen) atoms. The number of halogens is 2. The van der Waals surface area contributed by atoms with Crippen molar-refractivity contribution in [1.82, 2.24) is 19.8 Å². The molecule has 0 radical (unpaired) electrons. The van der Waals surface area contributed by atoms with Crippen LogP contribution >= 0.6 is 35.6 Å². The maximum atomic E-state index is 6.05. The molecule has 0 aromatic carbocycles. The Hall–Kier alpha value is -1.48. The van der Waals surface area contributed by atoms with Crippen molar-refractivity contribution < 1.29 is 0 Å². The number of hydrogen-bond donors (Lipinski definition) is 1. The lowest BCUT2D eigenvalue weighted by Crippen LogP contribution is -2.38. The molecule has 0 amide bonds. The highest BCUT2D eigenvalue weighted by atomic mass is 127. The summed E-state index contributed by atoms with van der Waals surface area (Å²) in [6, 6.07) is 5.98. The number of rotatable bonds is 5. The predicted octanol–water partition coefficient (Wildman–Crippen LogP) is 2.96. The molecule has 0 aliphatic rings. The lowest BCUT2D eigenvalue weighted by atomic mass is 10.2. The van der Waals surface area contributed by atoms with Crippen LogP contribution in [0.3, 0.4) is 0 Å². The summed E-state index contributed by atoms with van der Waals surface area (Å²) in [5.74, 6) is 1.78. The number of aromatic nitrogens is 2. The average Bonchev–Trinajstić information content (AvgIpc) is 2.85. The summed E-state index contributed by atoms with van der Waals surface area (Å²) in [7, 11) is 9.77. The van der Waals surface area contributed by atoms with E-state index in [0.717, 1.165) is 34.6 Å². The lowest BCUT2D eigenvalue weighted by Gasteiger charge is -2.23. The van der Waals surface area contributed by atoms with Crippen LogP contribution in [0.5, 0.6) is 0 Å². The van der Waals surface area contributed by atoms with Gasteiger partial charge in [0.25, 0.3) is 0 Å². The monoisotopic (exact) mass is 476 g/mol. The summed E-state index contributed by atoms with van der Waals surface area (Å²) in [6.45, 7) is 1.38. The Kier molecular flexibility index (Phi) is 8.51. The first-order chi connectivity index (χ1) is 11.4. The van der Waals surface area contributed by atoms with E-state index in [1.165, 1.54) is 0 Å². The summed E-state index contributed by atoms with van der Waals surface area (Å²) in [6.07, 6.45) is 3.71. The molecule has 2 rings (SSSR count). The van der Waals surface area contributed by atoms with E-state index in [0.29, 0.717) is 6.54 Å². The Bertz CT molecular complexity index is 713. The number of aliphatic imine (C=N–C) groups is 1. The zero-order chi connectivity index (χ0) is 17.7. The molecule has 0 saturated carbocycles. The molecule has 1 N–H and O–H groups in total. The minimum Gasteiger partial charge on any atom is -0.362 e. The van der Waals surface area contributed by atoms with Crippen LogP contribution in [0, 0.1) is 0 Å². The highest BCUT2D eigenvalue weighted by molar-refractivity contribution is 14.0. The van der Waals surface area contributed by atoms with Crippen LogP contribution in [0.1, 0.15) is 11.3 Å². The second kappa shape index (κ2) is 9.86.